The summed E-state index contributed by atoms with van der Waals surface area (Å²) in [6.07, 6.45) is 0. The van der Waals surface area contributed by atoms with Gasteiger partial charge in [-0.15, -0.1) is 12.4 Å². The molecule has 0 radical (unpaired) electrons. The average Bonchev–Trinajstić information content (AvgIpc) is 2.24. The number of halogens is 1. The highest BCUT2D eigenvalue weighted by molar-refractivity contribution is 7.89. The Labute approximate surface area is 122 Å². The van der Waals surface area contributed by atoms with Crippen LogP contribution >= 0.6 is 12.4 Å². The van der Waals surface area contributed by atoms with Crippen LogP contribution < -0.4 is 10.0 Å². The summed E-state index contributed by atoms with van der Waals surface area (Å²) in [4.78, 5) is 0.399. The Kier molecular flexibility index (Phi) is 7.00. The van der Waals surface area contributed by atoms with Crippen LogP contribution in [0.4, 0.5) is 0 Å². The average molecular weight is 307 g/mol. The lowest BCUT2D eigenvalue weighted by Gasteiger charge is -2.15. The van der Waals surface area contributed by atoms with E-state index in [0.29, 0.717) is 11.4 Å². The van der Waals surface area contributed by atoms with Crippen molar-refractivity contribution in [2.45, 2.75) is 38.6 Å². The molecule has 1 aromatic rings. The standard InChI is InChI=1S/C13H22N2O2S.ClH/c1-9-6-10(2)13(11(3)7-9)18(16,17)15-8-12(4)14-5;/h6-7,12,14-15H,8H2,1-5H3;1H. The number of hydrogen-bond acceptors (Lipinski definition) is 3. The molecule has 19 heavy (non-hydrogen) atoms. The van der Waals surface area contributed by atoms with Gasteiger partial charge >= 0.3 is 0 Å². The summed E-state index contributed by atoms with van der Waals surface area (Å²) in [6, 6.07) is 3.89. The molecule has 0 aromatic heterocycles. The molecule has 6 heteroatoms. The monoisotopic (exact) mass is 306 g/mol. The highest BCUT2D eigenvalue weighted by Crippen LogP contribution is 2.21. The Balaban J connectivity index is 0.00000324. The van der Waals surface area contributed by atoms with E-state index >= 15 is 0 Å². The number of nitrogens with one attached hydrogen (secondary N) is 2. The molecule has 0 spiro atoms. The minimum Gasteiger partial charge on any atom is -0.316 e. The second-order valence-corrected chi connectivity index (χ2v) is 6.47. The molecule has 1 atom stereocenters. The van der Waals surface area contributed by atoms with E-state index in [1.54, 1.807) is 7.05 Å². The van der Waals surface area contributed by atoms with Crippen LogP contribution in [0, 0.1) is 20.8 Å². The van der Waals surface area contributed by atoms with Crippen LogP contribution in [0.5, 0.6) is 0 Å². The van der Waals surface area contributed by atoms with Gasteiger partial charge in [-0.2, -0.15) is 0 Å². The van der Waals surface area contributed by atoms with Gasteiger partial charge in [0.25, 0.3) is 0 Å². The predicted octanol–water partition coefficient (Wildman–Crippen LogP) is 1.92. The fourth-order valence-electron chi connectivity index (χ4n) is 2.00. The fourth-order valence-corrected chi connectivity index (χ4v) is 3.58. The minimum absolute atomic E-state index is 0. The summed E-state index contributed by atoms with van der Waals surface area (Å²) in [5.74, 6) is 0. The number of likely N-dealkylation sites (N-methyl/N-ethyl adjacent to an activating group) is 1. The van der Waals surface area contributed by atoms with E-state index in [4.69, 9.17) is 0 Å². The van der Waals surface area contributed by atoms with Crippen LogP contribution in [0.2, 0.25) is 0 Å². The molecule has 0 saturated carbocycles. The fraction of sp³-hybridized carbons (Fsp3) is 0.538. The molecule has 4 nitrogen and oxygen atoms in total. The quantitative estimate of drug-likeness (QED) is 0.874. The molecule has 1 aromatic carbocycles. The smallest absolute Gasteiger partial charge is 0.241 e. The van der Waals surface area contributed by atoms with Crippen LogP contribution in [0.25, 0.3) is 0 Å². The third-order valence-corrected chi connectivity index (χ3v) is 4.67. The van der Waals surface area contributed by atoms with Crippen LogP contribution in [0.3, 0.4) is 0 Å². The molecule has 0 heterocycles. The summed E-state index contributed by atoms with van der Waals surface area (Å²) in [5.41, 5.74) is 2.65. The summed E-state index contributed by atoms with van der Waals surface area (Å²) in [7, 11) is -1.63. The summed E-state index contributed by atoms with van der Waals surface area (Å²) < 4.78 is 27.2. The van der Waals surface area contributed by atoms with Crippen LogP contribution in [0.15, 0.2) is 17.0 Å². The van der Waals surface area contributed by atoms with E-state index in [-0.39, 0.29) is 18.4 Å². The Bertz CT molecular complexity index is 506. The summed E-state index contributed by atoms with van der Waals surface area (Å²) in [5, 5.41) is 3.00. The first kappa shape index (κ1) is 18.4. The number of hydrogen-bond donors (Lipinski definition) is 2. The summed E-state index contributed by atoms with van der Waals surface area (Å²) in [6.45, 7) is 7.93. The minimum atomic E-state index is -3.43. The van der Waals surface area contributed by atoms with Crippen LogP contribution in [0.1, 0.15) is 23.6 Å². The van der Waals surface area contributed by atoms with E-state index in [1.165, 1.54) is 0 Å². The first-order valence-corrected chi connectivity index (χ1v) is 7.51. The highest BCUT2D eigenvalue weighted by atomic mass is 35.5. The second kappa shape index (κ2) is 7.24. The molecular weight excluding hydrogens is 284 g/mol. The molecule has 0 saturated heterocycles. The number of aryl methyl sites for hydroxylation is 3. The van der Waals surface area contributed by atoms with Gasteiger partial charge in [-0.05, 0) is 45.9 Å². The van der Waals surface area contributed by atoms with Gasteiger partial charge in [0, 0.05) is 12.6 Å². The zero-order valence-electron chi connectivity index (χ0n) is 12.1. The van der Waals surface area contributed by atoms with E-state index in [9.17, 15) is 8.42 Å². The molecule has 1 unspecified atom stereocenters. The third kappa shape index (κ3) is 4.76. The largest absolute Gasteiger partial charge is 0.316 e. The molecule has 110 valence electrons. The van der Waals surface area contributed by atoms with Gasteiger partial charge in [-0.1, -0.05) is 17.7 Å². The lowest BCUT2D eigenvalue weighted by molar-refractivity contribution is 0.553. The van der Waals surface area contributed by atoms with Gasteiger partial charge in [0.15, 0.2) is 0 Å². The number of benzene rings is 1. The van der Waals surface area contributed by atoms with Crippen molar-refractivity contribution < 1.29 is 8.42 Å². The van der Waals surface area contributed by atoms with E-state index < -0.39 is 10.0 Å². The maximum atomic E-state index is 12.3. The predicted molar refractivity (Wildman–Crippen MR) is 81.6 cm³/mol. The van der Waals surface area contributed by atoms with Crippen molar-refractivity contribution in [1.82, 2.24) is 10.0 Å². The molecule has 2 N–H and O–H groups in total. The molecule has 0 bridgehead atoms. The van der Waals surface area contributed by atoms with Gasteiger partial charge in [0.05, 0.1) is 4.90 Å². The van der Waals surface area contributed by atoms with Crippen molar-refractivity contribution in [3.8, 4) is 0 Å². The highest BCUT2D eigenvalue weighted by Gasteiger charge is 2.19. The number of rotatable bonds is 5. The Morgan fingerprint density at radius 2 is 1.63 bits per heavy atom. The van der Waals surface area contributed by atoms with Crippen molar-refractivity contribution in [2.75, 3.05) is 13.6 Å². The zero-order valence-corrected chi connectivity index (χ0v) is 13.7. The van der Waals surface area contributed by atoms with Gasteiger partial charge in [-0.3, -0.25) is 0 Å². The van der Waals surface area contributed by atoms with E-state index in [2.05, 4.69) is 10.0 Å². The van der Waals surface area contributed by atoms with Crippen molar-refractivity contribution in [3.05, 3.63) is 28.8 Å². The molecule has 0 amide bonds. The van der Waals surface area contributed by atoms with Gasteiger partial charge in [-0.25, -0.2) is 13.1 Å². The van der Waals surface area contributed by atoms with Crippen molar-refractivity contribution >= 4 is 22.4 Å². The molecule has 0 aliphatic rings. The van der Waals surface area contributed by atoms with Crippen molar-refractivity contribution in [3.63, 3.8) is 0 Å². The topological polar surface area (TPSA) is 58.2 Å². The molecule has 0 aliphatic carbocycles. The lowest BCUT2D eigenvalue weighted by Crippen LogP contribution is -2.37. The Morgan fingerprint density at radius 3 is 2.05 bits per heavy atom. The summed E-state index contributed by atoms with van der Waals surface area (Å²) >= 11 is 0. The third-order valence-electron chi connectivity index (χ3n) is 2.95. The first-order valence-electron chi connectivity index (χ1n) is 6.02. The van der Waals surface area contributed by atoms with Crippen LogP contribution in [-0.2, 0) is 10.0 Å². The molecular formula is C13H23ClN2O2S. The molecule has 0 fully saturated rings. The van der Waals surface area contributed by atoms with E-state index in [1.807, 2.05) is 39.8 Å². The maximum Gasteiger partial charge on any atom is 0.241 e. The molecule has 1 rings (SSSR count). The number of sulfonamides is 1. The Morgan fingerprint density at radius 1 is 1.16 bits per heavy atom. The first-order chi connectivity index (χ1) is 8.27. The second-order valence-electron chi connectivity index (χ2n) is 4.77. The Hall–Kier alpha value is -0.620. The normalized spacial score (nSPS) is 12.9. The van der Waals surface area contributed by atoms with Crippen LogP contribution in [-0.4, -0.2) is 28.1 Å². The van der Waals surface area contributed by atoms with Gasteiger partial charge in [0.2, 0.25) is 10.0 Å². The lowest BCUT2D eigenvalue weighted by atomic mass is 10.1. The van der Waals surface area contributed by atoms with Crippen molar-refractivity contribution in [2.24, 2.45) is 0 Å². The van der Waals surface area contributed by atoms with Gasteiger partial charge in [0.1, 0.15) is 0 Å². The zero-order chi connectivity index (χ0) is 13.9. The van der Waals surface area contributed by atoms with Crippen molar-refractivity contribution in [1.29, 1.82) is 0 Å². The van der Waals surface area contributed by atoms with Gasteiger partial charge < -0.3 is 5.32 Å². The SMILES string of the molecule is CNC(C)CNS(=O)(=O)c1c(C)cc(C)cc1C.Cl. The van der Waals surface area contributed by atoms with E-state index in [0.717, 1.165) is 16.7 Å². The molecule has 0 aliphatic heterocycles. The maximum absolute atomic E-state index is 12.3.